The summed E-state index contributed by atoms with van der Waals surface area (Å²) in [7, 11) is 1.55. The first-order chi connectivity index (χ1) is 18.0. The first-order valence-corrected chi connectivity index (χ1v) is 11.4. The SMILES string of the molecule is COc1cc(COc2nn(-c3ccccc3)cc2C(N)=O)ccc1OCc1nc(-c2ccco2)oc1C. The van der Waals surface area contributed by atoms with Gasteiger partial charge in [0.1, 0.15) is 30.2 Å². The van der Waals surface area contributed by atoms with Crippen LogP contribution in [-0.2, 0) is 13.2 Å². The van der Waals surface area contributed by atoms with Crippen LogP contribution in [0.3, 0.4) is 0 Å². The Kier molecular flexibility index (Phi) is 6.62. The van der Waals surface area contributed by atoms with Gasteiger partial charge in [-0.15, -0.1) is 5.10 Å². The Labute approximate surface area is 212 Å². The normalized spacial score (nSPS) is 10.9. The number of carbonyl (C=O) groups excluding carboxylic acids is 1. The molecule has 188 valence electrons. The molecule has 0 bridgehead atoms. The second-order valence-electron chi connectivity index (χ2n) is 8.05. The zero-order chi connectivity index (χ0) is 25.8. The molecule has 3 aromatic heterocycles. The Bertz CT molecular complexity index is 1510. The molecule has 0 unspecified atom stereocenters. The van der Waals surface area contributed by atoms with Crippen molar-refractivity contribution < 1.29 is 27.8 Å². The summed E-state index contributed by atoms with van der Waals surface area (Å²) in [6.07, 6.45) is 3.11. The predicted octanol–water partition coefficient (Wildman–Crippen LogP) is 4.69. The second kappa shape index (κ2) is 10.3. The summed E-state index contributed by atoms with van der Waals surface area (Å²) >= 11 is 0. The smallest absolute Gasteiger partial charge is 0.263 e. The van der Waals surface area contributed by atoms with Crippen LogP contribution in [0.2, 0.25) is 0 Å². The number of rotatable bonds is 10. The van der Waals surface area contributed by atoms with Crippen molar-refractivity contribution >= 4 is 5.91 Å². The molecule has 0 spiro atoms. The first kappa shape index (κ1) is 23.7. The van der Waals surface area contributed by atoms with Crippen molar-refractivity contribution in [2.24, 2.45) is 5.73 Å². The van der Waals surface area contributed by atoms with Crippen molar-refractivity contribution in [1.82, 2.24) is 14.8 Å². The Hall–Kier alpha value is -4.99. The summed E-state index contributed by atoms with van der Waals surface area (Å²) in [4.78, 5) is 16.4. The minimum atomic E-state index is -0.628. The Balaban J connectivity index is 1.28. The van der Waals surface area contributed by atoms with E-state index in [9.17, 15) is 4.79 Å². The van der Waals surface area contributed by atoms with Crippen LogP contribution in [0.4, 0.5) is 0 Å². The molecule has 3 heterocycles. The highest BCUT2D eigenvalue weighted by Crippen LogP contribution is 2.30. The van der Waals surface area contributed by atoms with Crippen LogP contribution in [0.15, 0.2) is 82.0 Å². The van der Waals surface area contributed by atoms with E-state index in [2.05, 4.69) is 10.1 Å². The van der Waals surface area contributed by atoms with Crippen LogP contribution in [0.25, 0.3) is 17.3 Å². The highest BCUT2D eigenvalue weighted by atomic mass is 16.5. The van der Waals surface area contributed by atoms with Gasteiger partial charge in [-0.1, -0.05) is 24.3 Å². The van der Waals surface area contributed by atoms with Gasteiger partial charge in [-0.05, 0) is 48.9 Å². The highest BCUT2D eigenvalue weighted by molar-refractivity contribution is 5.95. The van der Waals surface area contributed by atoms with E-state index < -0.39 is 5.91 Å². The van der Waals surface area contributed by atoms with Gasteiger partial charge in [-0.2, -0.15) is 0 Å². The fourth-order valence-electron chi connectivity index (χ4n) is 3.63. The number of aryl methyl sites for hydroxylation is 1. The van der Waals surface area contributed by atoms with E-state index in [1.54, 1.807) is 48.5 Å². The summed E-state index contributed by atoms with van der Waals surface area (Å²) in [6, 6.07) is 18.3. The second-order valence-corrected chi connectivity index (χ2v) is 8.05. The molecule has 0 fully saturated rings. The van der Waals surface area contributed by atoms with Crippen molar-refractivity contribution in [3.05, 3.63) is 95.7 Å². The van der Waals surface area contributed by atoms with Crippen molar-refractivity contribution in [3.63, 3.8) is 0 Å². The highest BCUT2D eigenvalue weighted by Gasteiger charge is 2.18. The summed E-state index contributed by atoms with van der Waals surface area (Å²) in [5, 5.41) is 4.38. The summed E-state index contributed by atoms with van der Waals surface area (Å²) in [5.41, 5.74) is 7.93. The lowest BCUT2D eigenvalue weighted by Crippen LogP contribution is -2.12. The number of carbonyl (C=O) groups is 1. The van der Waals surface area contributed by atoms with Crippen LogP contribution in [0.1, 0.15) is 27.4 Å². The molecule has 37 heavy (non-hydrogen) atoms. The number of methoxy groups -OCH3 is 1. The maximum atomic E-state index is 11.9. The molecule has 0 aliphatic rings. The van der Waals surface area contributed by atoms with E-state index in [1.807, 2.05) is 43.3 Å². The third-order valence-corrected chi connectivity index (χ3v) is 5.56. The van der Waals surface area contributed by atoms with Crippen molar-refractivity contribution in [2.75, 3.05) is 7.11 Å². The molecule has 5 rings (SSSR count). The largest absolute Gasteiger partial charge is 0.493 e. The molecule has 5 aromatic rings. The number of hydrogen-bond donors (Lipinski definition) is 1. The third-order valence-electron chi connectivity index (χ3n) is 5.56. The number of para-hydroxylation sites is 1. The zero-order valence-electron chi connectivity index (χ0n) is 20.2. The lowest BCUT2D eigenvalue weighted by Gasteiger charge is -2.12. The van der Waals surface area contributed by atoms with E-state index in [0.717, 1.165) is 11.3 Å². The fourth-order valence-corrected chi connectivity index (χ4v) is 3.63. The van der Waals surface area contributed by atoms with Crippen molar-refractivity contribution in [3.8, 4) is 34.7 Å². The number of nitrogens with two attached hydrogens (primary N) is 1. The number of hydrogen-bond acceptors (Lipinski definition) is 8. The van der Waals surface area contributed by atoms with Crippen LogP contribution in [-0.4, -0.2) is 27.8 Å². The van der Waals surface area contributed by atoms with Crippen LogP contribution < -0.4 is 19.9 Å². The van der Waals surface area contributed by atoms with Crippen LogP contribution in [0, 0.1) is 6.92 Å². The van der Waals surface area contributed by atoms with Gasteiger partial charge < -0.3 is 28.8 Å². The number of amides is 1. The molecule has 0 atom stereocenters. The maximum absolute atomic E-state index is 11.9. The van der Waals surface area contributed by atoms with Crippen LogP contribution in [0.5, 0.6) is 17.4 Å². The molecule has 0 saturated heterocycles. The molecule has 2 N–H and O–H groups in total. The average molecular weight is 501 g/mol. The molecular formula is C27H24N4O6. The minimum absolute atomic E-state index is 0.137. The third kappa shape index (κ3) is 5.18. The van der Waals surface area contributed by atoms with E-state index >= 15 is 0 Å². The molecule has 1 amide bonds. The van der Waals surface area contributed by atoms with E-state index in [-0.39, 0.29) is 24.7 Å². The Morgan fingerprint density at radius 1 is 1.03 bits per heavy atom. The molecule has 10 heteroatoms. The number of aromatic nitrogens is 3. The number of primary amides is 1. The number of ether oxygens (including phenoxy) is 3. The minimum Gasteiger partial charge on any atom is -0.493 e. The Morgan fingerprint density at radius 3 is 2.59 bits per heavy atom. The summed E-state index contributed by atoms with van der Waals surface area (Å²) < 4.78 is 29.9. The molecule has 0 radical (unpaired) electrons. The van der Waals surface area contributed by atoms with Gasteiger partial charge in [0.05, 0.1) is 19.1 Å². The monoisotopic (exact) mass is 500 g/mol. The molecule has 0 aliphatic heterocycles. The molecular weight excluding hydrogens is 476 g/mol. The first-order valence-electron chi connectivity index (χ1n) is 11.4. The Morgan fingerprint density at radius 2 is 1.86 bits per heavy atom. The van der Waals surface area contributed by atoms with Gasteiger partial charge in [0.2, 0.25) is 5.88 Å². The standard InChI is InChI=1S/C27H24N4O6/c1-17-21(29-27(37-17)23-9-6-12-34-23)16-35-22-11-10-18(13-24(22)33-2)15-36-26-20(25(28)32)14-31(30-26)19-7-4-3-5-8-19/h3-14H,15-16H2,1-2H3,(H2,28,32). The van der Waals surface area contributed by atoms with Crippen LogP contribution >= 0.6 is 0 Å². The van der Waals surface area contributed by atoms with Crippen molar-refractivity contribution in [1.29, 1.82) is 0 Å². The van der Waals surface area contributed by atoms with Gasteiger partial charge >= 0.3 is 0 Å². The summed E-state index contributed by atoms with van der Waals surface area (Å²) in [5.74, 6) is 2.13. The number of furan rings is 1. The van der Waals surface area contributed by atoms with Gasteiger partial charge in [0.25, 0.3) is 11.8 Å². The topological polar surface area (TPSA) is 128 Å². The average Bonchev–Trinajstić information content (AvgIpc) is 3.67. The van der Waals surface area contributed by atoms with Crippen molar-refractivity contribution in [2.45, 2.75) is 20.1 Å². The van der Waals surface area contributed by atoms with E-state index in [4.69, 9.17) is 28.8 Å². The van der Waals surface area contributed by atoms with Gasteiger partial charge in [0, 0.05) is 6.20 Å². The zero-order valence-corrected chi connectivity index (χ0v) is 20.2. The lowest BCUT2D eigenvalue weighted by molar-refractivity contribution is 0.0996. The number of nitrogens with zero attached hydrogens (tertiary/aromatic N) is 3. The van der Waals surface area contributed by atoms with Gasteiger partial charge in [0.15, 0.2) is 17.3 Å². The fraction of sp³-hybridized carbons (Fsp3) is 0.148. The molecule has 10 nitrogen and oxygen atoms in total. The molecule has 2 aromatic carbocycles. The summed E-state index contributed by atoms with van der Waals surface area (Å²) in [6.45, 7) is 2.13. The van der Waals surface area contributed by atoms with Gasteiger partial charge in [-0.3, -0.25) is 4.79 Å². The number of benzene rings is 2. The van der Waals surface area contributed by atoms with E-state index in [1.165, 1.54) is 0 Å². The van der Waals surface area contributed by atoms with Gasteiger partial charge in [-0.25, -0.2) is 9.67 Å². The molecule has 0 saturated carbocycles. The molecule has 0 aliphatic carbocycles. The quantitative estimate of drug-likeness (QED) is 0.292. The number of oxazole rings is 1. The predicted molar refractivity (Wildman–Crippen MR) is 133 cm³/mol. The maximum Gasteiger partial charge on any atom is 0.263 e. The van der Waals surface area contributed by atoms with E-state index in [0.29, 0.717) is 34.6 Å². The lowest BCUT2D eigenvalue weighted by atomic mass is 10.2.